The number of para-hydroxylation sites is 1. The molecule has 0 atom stereocenters. The number of hydrogen-bond donors (Lipinski definition) is 2. The van der Waals surface area contributed by atoms with E-state index >= 15 is 0 Å². The molecule has 1 fully saturated rings. The number of aryl methyl sites for hydroxylation is 2. The van der Waals surface area contributed by atoms with Gasteiger partial charge in [-0.15, -0.1) is 0 Å². The summed E-state index contributed by atoms with van der Waals surface area (Å²) >= 11 is 5.44. The third kappa shape index (κ3) is 4.45. The predicted molar refractivity (Wildman–Crippen MR) is 133 cm³/mol. The number of amides is 2. The summed E-state index contributed by atoms with van der Waals surface area (Å²) in [5.41, 5.74) is 5.33. The van der Waals surface area contributed by atoms with Crippen LogP contribution in [0.3, 0.4) is 0 Å². The van der Waals surface area contributed by atoms with Gasteiger partial charge < -0.3 is 10.6 Å². The Labute approximate surface area is 192 Å². The third-order valence-corrected chi connectivity index (χ3v) is 5.55. The molecule has 0 unspecified atom stereocenters. The van der Waals surface area contributed by atoms with Crippen molar-refractivity contribution >= 4 is 46.6 Å². The van der Waals surface area contributed by atoms with Gasteiger partial charge in [-0.2, -0.15) is 0 Å². The van der Waals surface area contributed by atoms with E-state index < -0.39 is 0 Å². The van der Waals surface area contributed by atoms with Crippen LogP contribution < -0.4 is 15.5 Å². The van der Waals surface area contributed by atoms with Gasteiger partial charge in [0, 0.05) is 11.3 Å². The second-order valence-electron chi connectivity index (χ2n) is 7.56. The summed E-state index contributed by atoms with van der Waals surface area (Å²) < 4.78 is 0. The van der Waals surface area contributed by atoms with Crippen LogP contribution in [-0.2, 0) is 11.2 Å². The first-order valence-electron chi connectivity index (χ1n) is 10.4. The molecule has 0 aromatic heterocycles. The first-order valence-corrected chi connectivity index (χ1v) is 10.8. The van der Waals surface area contributed by atoms with Crippen LogP contribution in [0.1, 0.15) is 34.0 Å². The highest BCUT2D eigenvalue weighted by molar-refractivity contribution is 7.80. The Bertz CT molecular complexity index is 1230. The lowest BCUT2D eigenvalue weighted by atomic mass is 10.1. The van der Waals surface area contributed by atoms with E-state index in [0.717, 1.165) is 28.8 Å². The average molecular weight is 442 g/mol. The zero-order chi connectivity index (χ0) is 22.7. The summed E-state index contributed by atoms with van der Waals surface area (Å²) in [6.45, 7) is 4.02. The van der Waals surface area contributed by atoms with Crippen molar-refractivity contribution in [2.45, 2.75) is 20.3 Å². The fourth-order valence-electron chi connectivity index (χ4n) is 3.56. The number of nitrogens with zero attached hydrogens (tertiary/aromatic N) is 1. The van der Waals surface area contributed by atoms with Crippen molar-refractivity contribution in [3.8, 4) is 0 Å². The van der Waals surface area contributed by atoms with Crippen molar-refractivity contribution in [1.29, 1.82) is 0 Å². The third-order valence-electron chi connectivity index (χ3n) is 5.26. The lowest BCUT2D eigenvalue weighted by molar-refractivity contribution is -0.113. The molecular weight excluding hydrogens is 418 g/mol. The zero-order valence-electron chi connectivity index (χ0n) is 17.9. The monoisotopic (exact) mass is 441 g/mol. The number of rotatable bonds is 5. The number of carbonyl (C=O) groups is 2. The molecule has 5 nitrogen and oxygen atoms in total. The van der Waals surface area contributed by atoms with E-state index in [4.69, 9.17) is 12.2 Å². The molecule has 32 heavy (non-hydrogen) atoms. The second-order valence-corrected chi connectivity index (χ2v) is 7.94. The van der Waals surface area contributed by atoms with Gasteiger partial charge in [-0.3, -0.25) is 14.5 Å². The molecule has 0 aliphatic carbocycles. The van der Waals surface area contributed by atoms with E-state index in [1.807, 2.05) is 74.5 Å². The van der Waals surface area contributed by atoms with Gasteiger partial charge in [0.25, 0.3) is 11.8 Å². The topological polar surface area (TPSA) is 61.4 Å². The van der Waals surface area contributed by atoms with E-state index in [9.17, 15) is 9.59 Å². The molecule has 1 aliphatic rings. The van der Waals surface area contributed by atoms with Gasteiger partial charge in [-0.05, 0) is 73.1 Å². The van der Waals surface area contributed by atoms with Gasteiger partial charge in [0.1, 0.15) is 5.70 Å². The largest absolute Gasteiger partial charge is 0.327 e. The molecule has 1 aliphatic heterocycles. The fourth-order valence-corrected chi connectivity index (χ4v) is 3.85. The molecule has 6 heteroatoms. The number of benzene rings is 3. The minimum atomic E-state index is -0.204. The Balaban J connectivity index is 1.55. The minimum absolute atomic E-state index is 0.187. The maximum absolute atomic E-state index is 13.1. The Morgan fingerprint density at radius 3 is 2.56 bits per heavy atom. The van der Waals surface area contributed by atoms with Crippen molar-refractivity contribution in [3.05, 3.63) is 101 Å². The molecular formula is C26H23N3O2S. The van der Waals surface area contributed by atoms with Crippen LogP contribution in [0.5, 0.6) is 0 Å². The molecule has 1 heterocycles. The van der Waals surface area contributed by atoms with Crippen LogP contribution >= 0.6 is 12.2 Å². The molecule has 0 spiro atoms. The molecule has 0 saturated carbocycles. The molecule has 2 N–H and O–H groups in total. The van der Waals surface area contributed by atoms with Gasteiger partial charge in [-0.25, -0.2) is 0 Å². The van der Waals surface area contributed by atoms with E-state index in [0.29, 0.717) is 22.1 Å². The Kier molecular flexibility index (Phi) is 6.14. The Morgan fingerprint density at radius 1 is 1.06 bits per heavy atom. The highest BCUT2D eigenvalue weighted by Gasteiger charge is 2.32. The summed E-state index contributed by atoms with van der Waals surface area (Å²) in [5.74, 6) is -0.390. The minimum Gasteiger partial charge on any atom is -0.327 e. The van der Waals surface area contributed by atoms with Crippen LogP contribution in [0.25, 0.3) is 6.08 Å². The van der Waals surface area contributed by atoms with Crippen molar-refractivity contribution < 1.29 is 9.59 Å². The summed E-state index contributed by atoms with van der Waals surface area (Å²) in [6.07, 6.45) is 2.54. The van der Waals surface area contributed by atoms with Crippen molar-refractivity contribution in [2.24, 2.45) is 0 Å². The summed E-state index contributed by atoms with van der Waals surface area (Å²) in [4.78, 5) is 27.2. The lowest BCUT2D eigenvalue weighted by Gasteiger charge is -2.17. The highest BCUT2D eigenvalue weighted by Crippen LogP contribution is 2.27. The quantitative estimate of drug-likeness (QED) is 0.429. The van der Waals surface area contributed by atoms with Crippen LogP contribution in [0.4, 0.5) is 11.4 Å². The van der Waals surface area contributed by atoms with Crippen LogP contribution in [0.15, 0.2) is 78.5 Å². The second kappa shape index (κ2) is 9.16. The summed E-state index contributed by atoms with van der Waals surface area (Å²) in [6, 6.07) is 22.5. The van der Waals surface area contributed by atoms with Crippen molar-refractivity contribution in [3.63, 3.8) is 0 Å². The van der Waals surface area contributed by atoms with Gasteiger partial charge >= 0.3 is 0 Å². The number of thiocarbonyl (C=S) groups is 1. The van der Waals surface area contributed by atoms with Crippen molar-refractivity contribution in [1.82, 2.24) is 5.32 Å². The van der Waals surface area contributed by atoms with Gasteiger partial charge in [-0.1, -0.05) is 55.0 Å². The maximum atomic E-state index is 13.1. The van der Waals surface area contributed by atoms with Gasteiger partial charge in [0.05, 0.1) is 5.69 Å². The molecule has 3 aromatic rings. The Morgan fingerprint density at radius 2 is 1.81 bits per heavy atom. The maximum Gasteiger partial charge on any atom is 0.281 e. The number of nitrogens with one attached hydrogen (secondary N) is 2. The van der Waals surface area contributed by atoms with Gasteiger partial charge in [0.2, 0.25) is 0 Å². The highest BCUT2D eigenvalue weighted by atomic mass is 32.1. The van der Waals surface area contributed by atoms with E-state index in [-0.39, 0.29) is 11.8 Å². The molecule has 2 amide bonds. The average Bonchev–Trinajstić information content (AvgIpc) is 3.07. The van der Waals surface area contributed by atoms with E-state index in [1.165, 1.54) is 4.90 Å². The zero-order valence-corrected chi connectivity index (χ0v) is 18.7. The standard InChI is InChI=1S/C26H23N3O2S/c1-3-19-8-4-5-10-23(19)29-25(31)22(28-26(29)32)16-18-7-6-9-21(15-18)27-24(30)20-13-11-17(2)12-14-20/h4-16H,3H2,1-2H3,(H,27,30)(H,28,32)/b22-16+. The Hall–Kier alpha value is -3.77. The van der Waals surface area contributed by atoms with Crippen LogP contribution in [0, 0.1) is 6.92 Å². The summed E-state index contributed by atoms with van der Waals surface area (Å²) in [7, 11) is 0. The fraction of sp³-hybridized carbons (Fsp3) is 0.115. The molecule has 0 bridgehead atoms. The normalized spacial score (nSPS) is 14.6. The lowest BCUT2D eigenvalue weighted by Crippen LogP contribution is -2.31. The van der Waals surface area contributed by atoms with Crippen molar-refractivity contribution in [2.75, 3.05) is 10.2 Å². The number of hydrogen-bond acceptors (Lipinski definition) is 3. The SMILES string of the molecule is CCc1ccccc1N1C(=O)/C(=C\c2cccc(NC(=O)c3ccc(C)cc3)c2)NC1=S. The molecule has 3 aromatic carbocycles. The molecule has 4 rings (SSSR count). The van der Waals surface area contributed by atoms with E-state index in [2.05, 4.69) is 10.6 Å². The smallest absolute Gasteiger partial charge is 0.281 e. The first-order chi connectivity index (χ1) is 15.5. The van der Waals surface area contributed by atoms with Crippen LogP contribution in [-0.4, -0.2) is 16.9 Å². The molecule has 160 valence electrons. The first kappa shape index (κ1) is 21.5. The number of anilines is 2. The summed E-state index contributed by atoms with van der Waals surface area (Å²) in [5, 5.41) is 6.28. The van der Waals surface area contributed by atoms with Gasteiger partial charge in [0.15, 0.2) is 5.11 Å². The van der Waals surface area contributed by atoms with E-state index in [1.54, 1.807) is 18.2 Å². The predicted octanol–water partition coefficient (Wildman–Crippen LogP) is 5.07. The molecule has 1 saturated heterocycles. The van der Waals surface area contributed by atoms with Crippen LogP contribution in [0.2, 0.25) is 0 Å². The number of carbonyl (C=O) groups excluding carboxylic acids is 2. The molecule has 0 radical (unpaired) electrons.